The predicted molar refractivity (Wildman–Crippen MR) is 90.6 cm³/mol. The molecular weight excluding hydrogens is 320 g/mol. The molecule has 0 radical (unpaired) electrons. The third-order valence-corrected chi connectivity index (χ3v) is 5.55. The van der Waals surface area contributed by atoms with Gasteiger partial charge in [-0.05, 0) is 30.4 Å². The first-order valence-electron chi connectivity index (χ1n) is 7.73. The van der Waals surface area contributed by atoms with Crippen molar-refractivity contribution in [3.05, 3.63) is 34.9 Å². The van der Waals surface area contributed by atoms with Gasteiger partial charge in [0, 0.05) is 23.2 Å². The first kappa shape index (κ1) is 16.0. The lowest BCUT2D eigenvalue weighted by Crippen LogP contribution is -2.50. The zero-order chi connectivity index (χ0) is 15.4. The molecule has 0 aromatic heterocycles. The van der Waals surface area contributed by atoms with Crippen LogP contribution >= 0.6 is 23.4 Å². The predicted octanol–water partition coefficient (Wildman–Crippen LogP) is 3.32. The zero-order valence-corrected chi connectivity index (χ0v) is 14.0. The summed E-state index contributed by atoms with van der Waals surface area (Å²) >= 11 is 8.20. The van der Waals surface area contributed by atoms with Crippen molar-refractivity contribution in [2.45, 2.75) is 25.0 Å². The largest absolute Gasteiger partial charge is 0.370 e. The Balaban J connectivity index is 1.60. The van der Waals surface area contributed by atoms with E-state index in [-0.39, 0.29) is 12.1 Å². The second kappa shape index (κ2) is 7.57. The fraction of sp³-hybridized carbons (Fsp3) is 0.562. The molecule has 2 heterocycles. The minimum atomic E-state index is -0.143. The lowest BCUT2D eigenvalue weighted by molar-refractivity contribution is -0.0157. The fourth-order valence-electron chi connectivity index (χ4n) is 2.87. The van der Waals surface area contributed by atoms with E-state index in [1.54, 1.807) is 0 Å². The van der Waals surface area contributed by atoms with Crippen LogP contribution in [0.4, 0.5) is 4.79 Å². The molecule has 2 aliphatic heterocycles. The third kappa shape index (κ3) is 3.89. The quantitative estimate of drug-likeness (QED) is 0.898. The Morgan fingerprint density at radius 1 is 1.32 bits per heavy atom. The van der Waals surface area contributed by atoms with Gasteiger partial charge in [0.15, 0.2) is 0 Å². The van der Waals surface area contributed by atoms with Crippen molar-refractivity contribution >= 4 is 29.4 Å². The lowest BCUT2D eigenvalue weighted by atomic mass is 10.1. The van der Waals surface area contributed by atoms with Gasteiger partial charge in [-0.25, -0.2) is 4.79 Å². The summed E-state index contributed by atoms with van der Waals surface area (Å²) in [4.78, 5) is 14.3. The summed E-state index contributed by atoms with van der Waals surface area (Å²) in [6.45, 7) is 1.73. The Bertz CT molecular complexity index is 523. The minimum Gasteiger partial charge on any atom is -0.370 e. The molecule has 4 nitrogen and oxygen atoms in total. The van der Waals surface area contributed by atoms with E-state index < -0.39 is 0 Å². The first-order chi connectivity index (χ1) is 10.7. The number of carbonyl (C=O) groups is 1. The van der Waals surface area contributed by atoms with Gasteiger partial charge < -0.3 is 15.0 Å². The minimum absolute atomic E-state index is 0.0252. The van der Waals surface area contributed by atoms with Gasteiger partial charge in [-0.15, -0.1) is 0 Å². The van der Waals surface area contributed by atoms with Gasteiger partial charge in [0.25, 0.3) is 0 Å². The highest BCUT2D eigenvalue weighted by molar-refractivity contribution is 7.99. The topological polar surface area (TPSA) is 41.6 Å². The van der Waals surface area contributed by atoms with Gasteiger partial charge in [0.05, 0.1) is 13.2 Å². The number of morpholine rings is 1. The van der Waals surface area contributed by atoms with E-state index in [0.29, 0.717) is 30.8 Å². The average Bonchev–Trinajstić information content (AvgIpc) is 2.56. The summed E-state index contributed by atoms with van der Waals surface area (Å²) in [5.41, 5.74) is 0.954. The van der Waals surface area contributed by atoms with Crippen molar-refractivity contribution in [3.63, 3.8) is 0 Å². The van der Waals surface area contributed by atoms with Crippen LogP contribution in [0.25, 0.3) is 0 Å². The molecule has 2 fully saturated rings. The van der Waals surface area contributed by atoms with Gasteiger partial charge in [0.2, 0.25) is 0 Å². The van der Waals surface area contributed by atoms with Crippen LogP contribution in [0.3, 0.4) is 0 Å². The summed E-state index contributed by atoms with van der Waals surface area (Å²) in [6, 6.07) is 8.02. The summed E-state index contributed by atoms with van der Waals surface area (Å²) in [7, 11) is 0. The highest BCUT2D eigenvalue weighted by Gasteiger charge is 2.28. The van der Waals surface area contributed by atoms with Crippen molar-refractivity contribution in [2.24, 2.45) is 0 Å². The van der Waals surface area contributed by atoms with Crippen molar-refractivity contribution in [1.82, 2.24) is 10.2 Å². The van der Waals surface area contributed by atoms with Crippen molar-refractivity contribution < 1.29 is 9.53 Å². The molecule has 6 heteroatoms. The number of urea groups is 1. The molecule has 0 aliphatic carbocycles. The van der Waals surface area contributed by atoms with Crippen LogP contribution in [0.15, 0.2) is 24.3 Å². The number of hydrogen-bond acceptors (Lipinski definition) is 3. The first-order valence-corrected chi connectivity index (χ1v) is 9.26. The maximum Gasteiger partial charge on any atom is 0.317 e. The van der Waals surface area contributed by atoms with Gasteiger partial charge in [-0.2, -0.15) is 11.8 Å². The number of nitrogens with zero attached hydrogens (tertiary/aromatic N) is 1. The molecule has 1 N–H and O–H groups in total. The van der Waals surface area contributed by atoms with Crippen molar-refractivity contribution in [2.75, 3.05) is 31.2 Å². The maximum atomic E-state index is 12.4. The Hall–Kier alpha value is -0.910. The van der Waals surface area contributed by atoms with E-state index in [1.165, 1.54) is 0 Å². The summed E-state index contributed by atoms with van der Waals surface area (Å²) < 4.78 is 5.81. The van der Waals surface area contributed by atoms with Crippen LogP contribution in [-0.4, -0.2) is 48.2 Å². The Kier molecular flexibility index (Phi) is 5.50. The molecule has 2 amide bonds. The highest BCUT2D eigenvalue weighted by Crippen LogP contribution is 2.28. The number of rotatable bonds is 2. The van der Waals surface area contributed by atoms with E-state index >= 15 is 0 Å². The van der Waals surface area contributed by atoms with Crippen LogP contribution < -0.4 is 5.32 Å². The molecule has 1 unspecified atom stereocenters. The molecule has 120 valence electrons. The van der Waals surface area contributed by atoms with Crippen molar-refractivity contribution in [3.8, 4) is 0 Å². The summed E-state index contributed by atoms with van der Waals surface area (Å²) in [6.07, 6.45) is 1.98. The highest BCUT2D eigenvalue weighted by atomic mass is 35.5. The molecule has 22 heavy (non-hydrogen) atoms. The molecular formula is C16H21ClN2O2S. The van der Waals surface area contributed by atoms with Crippen LogP contribution in [0.5, 0.6) is 0 Å². The van der Waals surface area contributed by atoms with E-state index in [0.717, 1.165) is 29.9 Å². The summed E-state index contributed by atoms with van der Waals surface area (Å²) in [5.74, 6) is 2.27. The molecule has 0 saturated carbocycles. The smallest absolute Gasteiger partial charge is 0.317 e. The van der Waals surface area contributed by atoms with Crippen molar-refractivity contribution in [1.29, 1.82) is 0 Å². The number of carbonyl (C=O) groups excluding carboxylic acids is 1. The number of halogens is 1. The van der Waals surface area contributed by atoms with Gasteiger partial charge >= 0.3 is 6.03 Å². The number of ether oxygens (including phenoxy) is 1. The van der Waals surface area contributed by atoms with Crippen LogP contribution in [0, 0.1) is 0 Å². The normalized spacial score (nSPS) is 23.3. The number of hydrogen-bond donors (Lipinski definition) is 1. The maximum absolute atomic E-state index is 12.4. The summed E-state index contributed by atoms with van der Waals surface area (Å²) in [5, 5.41) is 3.85. The van der Waals surface area contributed by atoms with Gasteiger partial charge in [-0.1, -0.05) is 29.8 Å². The number of nitrogens with one attached hydrogen (secondary N) is 1. The molecule has 0 bridgehead atoms. The number of benzene rings is 1. The van der Waals surface area contributed by atoms with Gasteiger partial charge in [-0.3, -0.25) is 0 Å². The average molecular weight is 341 g/mol. The fourth-order valence-corrected chi connectivity index (χ4v) is 4.23. The molecule has 3 rings (SSSR count). The SMILES string of the molecule is O=C(NC1CCSCC1)N1CCOC(c2ccccc2Cl)C1. The van der Waals surface area contributed by atoms with E-state index in [9.17, 15) is 4.79 Å². The molecule has 1 aromatic rings. The van der Waals surface area contributed by atoms with E-state index in [2.05, 4.69) is 5.32 Å². The number of thioether (sulfide) groups is 1. The third-order valence-electron chi connectivity index (χ3n) is 4.15. The van der Waals surface area contributed by atoms with E-state index in [1.807, 2.05) is 40.9 Å². The van der Waals surface area contributed by atoms with E-state index in [4.69, 9.17) is 16.3 Å². The molecule has 0 spiro atoms. The molecule has 2 saturated heterocycles. The Morgan fingerprint density at radius 2 is 2.09 bits per heavy atom. The monoisotopic (exact) mass is 340 g/mol. The molecule has 1 aromatic carbocycles. The van der Waals surface area contributed by atoms with Gasteiger partial charge in [0.1, 0.15) is 6.10 Å². The Morgan fingerprint density at radius 3 is 2.86 bits per heavy atom. The second-order valence-corrected chi connectivity index (χ2v) is 7.30. The second-order valence-electron chi connectivity index (χ2n) is 5.66. The zero-order valence-electron chi connectivity index (χ0n) is 12.5. The number of amides is 2. The van der Waals surface area contributed by atoms with Crippen LogP contribution in [-0.2, 0) is 4.74 Å². The standard InChI is InChI=1S/C16H21ClN2O2S/c17-14-4-2-1-3-13(14)15-11-19(7-8-21-15)16(20)18-12-5-9-22-10-6-12/h1-4,12,15H,5-11H2,(H,18,20). The Labute approximate surface area is 140 Å². The van der Waals surface area contributed by atoms with Crippen LogP contribution in [0.1, 0.15) is 24.5 Å². The molecule has 1 atom stereocenters. The lowest BCUT2D eigenvalue weighted by Gasteiger charge is -2.35. The molecule has 2 aliphatic rings. The van der Waals surface area contributed by atoms with Crippen LogP contribution in [0.2, 0.25) is 5.02 Å².